The van der Waals surface area contributed by atoms with E-state index in [1.54, 1.807) is 0 Å². The van der Waals surface area contributed by atoms with Crippen LogP contribution in [0.3, 0.4) is 0 Å². The third-order valence-corrected chi connectivity index (χ3v) is 5.64. The number of aliphatic hydroxyl groups is 1. The molecule has 0 amide bonds. The Kier molecular flexibility index (Phi) is 4.62. The van der Waals surface area contributed by atoms with Gasteiger partial charge in [0.05, 0.1) is 5.69 Å². The fourth-order valence-electron chi connectivity index (χ4n) is 2.64. The number of benzene rings is 1. The predicted molar refractivity (Wildman–Crippen MR) is 74.0 cm³/mol. The molecule has 1 unspecified atom stereocenters. The summed E-state index contributed by atoms with van der Waals surface area (Å²) < 4.78 is 40.4. The number of rotatable bonds is 4. The van der Waals surface area contributed by atoms with Gasteiger partial charge in [-0.25, -0.2) is 12.8 Å². The first kappa shape index (κ1) is 15.2. The van der Waals surface area contributed by atoms with Gasteiger partial charge in [-0.1, -0.05) is 12.5 Å². The summed E-state index contributed by atoms with van der Waals surface area (Å²) in [6.45, 7) is 0.240. The van der Waals surface area contributed by atoms with Crippen molar-refractivity contribution in [3.05, 3.63) is 24.0 Å². The van der Waals surface area contributed by atoms with Crippen molar-refractivity contribution >= 4 is 15.7 Å². The molecule has 1 atom stereocenters. The largest absolute Gasteiger partial charge is 0.398 e. The van der Waals surface area contributed by atoms with Crippen LogP contribution in [0.4, 0.5) is 10.1 Å². The molecule has 0 radical (unpaired) electrons. The van der Waals surface area contributed by atoms with Crippen molar-refractivity contribution in [2.45, 2.75) is 36.6 Å². The lowest BCUT2D eigenvalue weighted by Crippen LogP contribution is -2.44. The van der Waals surface area contributed by atoms with Gasteiger partial charge >= 0.3 is 0 Å². The second kappa shape index (κ2) is 6.07. The maximum absolute atomic E-state index is 13.9. The third kappa shape index (κ3) is 2.79. The topological polar surface area (TPSA) is 83.6 Å². The predicted octanol–water partition coefficient (Wildman–Crippen LogP) is 1.33. The van der Waals surface area contributed by atoms with Crippen molar-refractivity contribution in [2.75, 3.05) is 18.9 Å². The molecule has 1 fully saturated rings. The molecule has 5 nitrogen and oxygen atoms in total. The zero-order valence-electron chi connectivity index (χ0n) is 11.1. The summed E-state index contributed by atoms with van der Waals surface area (Å²) in [7, 11) is -3.97. The molecular weight excluding hydrogens is 283 g/mol. The quantitative estimate of drug-likeness (QED) is 0.822. The van der Waals surface area contributed by atoms with Gasteiger partial charge in [-0.2, -0.15) is 4.31 Å². The first-order valence-electron chi connectivity index (χ1n) is 6.65. The standard InChI is InChI=1S/C13H19FN2O3S/c14-11-5-3-6-12(15)13(11)20(18,19)16-8-2-1-4-10(16)7-9-17/h3,5-6,10,17H,1-2,4,7-9,15H2. The number of halogens is 1. The van der Waals surface area contributed by atoms with Crippen LogP contribution in [0, 0.1) is 5.82 Å². The van der Waals surface area contributed by atoms with Crippen molar-refractivity contribution < 1.29 is 17.9 Å². The van der Waals surface area contributed by atoms with Crippen LogP contribution >= 0.6 is 0 Å². The van der Waals surface area contributed by atoms with E-state index >= 15 is 0 Å². The van der Waals surface area contributed by atoms with E-state index in [9.17, 15) is 12.8 Å². The molecule has 1 aliphatic rings. The Hall–Kier alpha value is -1.18. The van der Waals surface area contributed by atoms with E-state index in [0.29, 0.717) is 19.4 Å². The van der Waals surface area contributed by atoms with E-state index in [1.165, 1.54) is 16.4 Å². The highest BCUT2D eigenvalue weighted by Crippen LogP contribution is 2.31. The number of aliphatic hydroxyl groups excluding tert-OH is 1. The average Bonchev–Trinajstić information content (AvgIpc) is 2.39. The number of piperidine rings is 1. The number of nitrogen functional groups attached to an aromatic ring is 1. The van der Waals surface area contributed by atoms with Gasteiger partial charge in [0, 0.05) is 19.2 Å². The zero-order valence-corrected chi connectivity index (χ0v) is 11.9. The van der Waals surface area contributed by atoms with Crippen LogP contribution in [0.5, 0.6) is 0 Å². The van der Waals surface area contributed by atoms with Crippen molar-refractivity contribution in [3.63, 3.8) is 0 Å². The molecule has 0 aliphatic carbocycles. The summed E-state index contributed by atoms with van der Waals surface area (Å²) in [6.07, 6.45) is 2.67. The van der Waals surface area contributed by atoms with E-state index in [0.717, 1.165) is 18.9 Å². The highest BCUT2D eigenvalue weighted by molar-refractivity contribution is 7.89. The first-order chi connectivity index (χ1) is 9.48. The molecule has 3 N–H and O–H groups in total. The first-order valence-corrected chi connectivity index (χ1v) is 8.09. The van der Waals surface area contributed by atoms with Crippen LogP contribution in [0.1, 0.15) is 25.7 Å². The summed E-state index contributed by atoms with van der Waals surface area (Å²) in [5.74, 6) is -0.835. The molecule has 1 aliphatic heterocycles. The molecule has 112 valence electrons. The summed E-state index contributed by atoms with van der Waals surface area (Å²) in [5, 5.41) is 9.06. The third-order valence-electron chi connectivity index (χ3n) is 3.60. The minimum atomic E-state index is -3.97. The Morgan fingerprint density at radius 1 is 1.40 bits per heavy atom. The van der Waals surface area contributed by atoms with Gasteiger partial charge in [0.1, 0.15) is 10.7 Å². The summed E-state index contributed by atoms with van der Waals surface area (Å²) >= 11 is 0. The average molecular weight is 302 g/mol. The van der Waals surface area contributed by atoms with E-state index in [2.05, 4.69) is 0 Å². The molecular formula is C13H19FN2O3S. The molecule has 7 heteroatoms. The van der Waals surface area contributed by atoms with Crippen LogP contribution in [0.15, 0.2) is 23.1 Å². The normalized spacial score (nSPS) is 21.0. The summed E-state index contributed by atoms with van der Waals surface area (Å²) in [6, 6.07) is 3.55. The van der Waals surface area contributed by atoms with Crippen molar-refractivity contribution in [3.8, 4) is 0 Å². The van der Waals surface area contributed by atoms with Gasteiger partial charge in [0.15, 0.2) is 0 Å². The van der Waals surface area contributed by atoms with Crippen molar-refractivity contribution in [1.82, 2.24) is 4.31 Å². The smallest absolute Gasteiger partial charge is 0.248 e. The SMILES string of the molecule is Nc1cccc(F)c1S(=O)(=O)N1CCCCC1CCO. The van der Waals surface area contributed by atoms with Gasteiger partial charge < -0.3 is 10.8 Å². The molecule has 1 heterocycles. The Balaban J connectivity index is 2.42. The summed E-state index contributed by atoms with van der Waals surface area (Å²) in [4.78, 5) is -0.454. The van der Waals surface area contributed by atoms with Crippen molar-refractivity contribution in [1.29, 1.82) is 0 Å². The molecule has 0 bridgehead atoms. The molecule has 0 saturated carbocycles. The molecule has 1 saturated heterocycles. The minimum absolute atomic E-state index is 0.0849. The second-order valence-electron chi connectivity index (χ2n) is 4.94. The van der Waals surface area contributed by atoms with Gasteiger partial charge in [0.25, 0.3) is 0 Å². The molecule has 0 spiro atoms. The Bertz CT molecular complexity index is 555. The fourth-order valence-corrected chi connectivity index (χ4v) is 4.53. The van der Waals surface area contributed by atoms with Crippen LogP contribution in [0.25, 0.3) is 0 Å². The van der Waals surface area contributed by atoms with Crippen LogP contribution in [-0.2, 0) is 10.0 Å². The number of anilines is 1. The molecule has 20 heavy (non-hydrogen) atoms. The number of hydrogen-bond donors (Lipinski definition) is 2. The number of sulfonamides is 1. The Morgan fingerprint density at radius 3 is 2.80 bits per heavy atom. The zero-order chi connectivity index (χ0) is 14.8. The van der Waals surface area contributed by atoms with Crippen LogP contribution in [-0.4, -0.2) is 37.0 Å². The molecule has 1 aromatic carbocycles. The van der Waals surface area contributed by atoms with Gasteiger partial charge in [-0.3, -0.25) is 0 Å². The van der Waals surface area contributed by atoms with E-state index < -0.39 is 20.7 Å². The Labute approximate surface area is 118 Å². The second-order valence-corrected chi connectivity index (χ2v) is 6.76. The molecule has 2 rings (SSSR count). The maximum atomic E-state index is 13.9. The van der Waals surface area contributed by atoms with Crippen LogP contribution in [0.2, 0.25) is 0 Å². The van der Waals surface area contributed by atoms with Crippen molar-refractivity contribution in [2.24, 2.45) is 0 Å². The molecule has 0 aromatic heterocycles. The van der Waals surface area contributed by atoms with Gasteiger partial charge in [0.2, 0.25) is 10.0 Å². The summed E-state index contributed by atoms with van der Waals surface area (Å²) in [5.41, 5.74) is 5.55. The minimum Gasteiger partial charge on any atom is -0.398 e. The highest BCUT2D eigenvalue weighted by atomic mass is 32.2. The van der Waals surface area contributed by atoms with E-state index in [-0.39, 0.29) is 18.3 Å². The van der Waals surface area contributed by atoms with E-state index in [1.807, 2.05) is 0 Å². The van der Waals surface area contributed by atoms with E-state index in [4.69, 9.17) is 10.8 Å². The number of nitrogens with two attached hydrogens (primary N) is 1. The lowest BCUT2D eigenvalue weighted by molar-refractivity contribution is 0.192. The monoisotopic (exact) mass is 302 g/mol. The number of hydrogen-bond acceptors (Lipinski definition) is 4. The van der Waals surface area contributed by atoms with Crippen LogP contribution < -0.4 is 5.73 Å². The van der Waals surface area contributed by atoms with Gasteiger partial charge in [-0.15, -0.1) is 0 Å². The van der Waals surface area contributed by atoms with Gasteiger partial charge in [-0.05, 0) is 31.4 Å². The Morgan fingerprint density at radius 2 is 2.15 bits per heavy atom. The highest BCUT2D eigenvalue weighted by Gasteiger charge is 2.35. The lowest BCUT2D eigenvalue weighted by Gasteiger charge is -2.34. The fraction of sp³-hybridized carbons (Fsp3) is 0.538. The molecule has 1 aromatic rings. The lowest BCUT2D eigenvalue weighted by atomic mass is 10.0. The number of nitrogens with zero attached hydrogens (tertiary/aromatic N) is 1. The maximum Gasteiger partial charge on any atom is 0.248 e.